The van der Waals surface area contributed by atoms with Crippen LogP contribution in [0.2, 0.25) is 15.2 Å². The first-order chi connectivity index (χ1) is 10.5. The van der Waals surface area contributed by atoms with E-state index in [1.807, 2.05) is 0 Å². The first-order valence-electron chi connectivity index (χ1n) is 6.91. The van der Waals surface area contributed by atoms with Gasteiger partial charge in [-0.1, -0.05) is 48.7 Å². The molecule has 0 aliphatic rings. The topological polar surface area (TPSA) is 37.8 Å². The van der Waals surface area contributed by atoms with Crippen LogP contribution in [0.25, 0.3) is 11.3 Å². The largest absolute Gasteiger partial charge is 0.365 e. The number of anilines is 1. The summed E-state index contributed by atoms with van der Waals surface area (Å²) >= 11 is 21.9. The van der Waals surface area contributed by atoms with E-state index in [1.165, 1.54) is 0 Å². The molecule has 22 heavy (non-hydrogen) atoms. The van der Waals surface area contributed by atoms with Crippen molar-refractivity contribution in [1.82, 2.24) is 9.97 Å². The fraction of sp³-hybridized carbons (Fsp3) is 0.333. The average molecular weight is 424 g/mol. The number of hydrogen-bond acceptors (Lipinski definition) is 3. The molecule has 0 unspecified atom stereocenters. The lowest BCUT2D eigenvalue weighted by Crippen LogP contribution is -2.18. The number of hydrogen-bond donors (Lipinski definition) is 1. The van der Waals surface area contributed by atoms with Crippen molar-refractivity contribution in [2.24, 2.45) is 0 Å². The van der Waals surface area contributed by atoms with E-state index in [9.17, 15) is 0 Å². The summed E-state index contributed by atoms with van der Waals surface area (Å²) in [6, 6.07) is 5.50. The fourth-order valence-corrected chi connectivity index (χ4v) is 3.13. The van der Waals surface area contributed by atoms with Gasteiger partial charge in [-0.15, -0.1) is 0 Å². The van der Waals surface area contributed by atoms with E-state index < -0.39 is 0 Å². The molecule has 7 heteroatoms. The van der Waals surface area contributed by atoms with Crippen molar-refractivity contribution in [3.05, 3.63) is 38.0 Å². The molecule has 1 aromatic heterocycles. The van der Waals surface area contributed by atoms with E-state index in [0.29, 0.717) is 42.9 Å². The molecule has 0 radical (unpaired) electrons. The molecule has 0 saturated heterocycles. The maximum absolute atomic E-state index is 6.29. The maximum atomic E-state index is 6.29. The molecule has 0 atom stereocenters. The summed E-state index contributed by atoms with van der Waals surface area (Å²) in [4.78, 5) is 8.89. The predicted molar refractivity (Wildman–Crippen MR) is 98.2 cm³/mol. The molecule has 2 aromatic rings. The molecule has 2 rings (SSSR count). The summed E-state index contributed by atoms with van der Waals surface area (Å²) in [7, 11) is 0. The highest BCUT2D eigenvalue weighted by molar-refractivity contribution is 9.10. The first-order valence-corrected chi connectivity index (χ1v) is 8.83. The normalized spacial score (nSPS) is 11.0. The van der Waals surface area contributed by atoms with Gasteiger partial charge in [-0.2, -0.15) is 0 Å². The van der Waals surface area contributed by atoms with Crippen molar-refractivity contribution >= 4 is 56.6 Å². The molecule has 0 bridgehead atoms. The van der Waals surface area contributed by atoms with E-state index in [-0.39, 0.29) is 0 Å². The van der Waals surface area contributed by atoms with Crippen molar-refractivity contribution in [1.29, 1.82) is 0 Å². The van der Waals surface area contributed by atoms with Crippen LogP contribution in [0.1, 0.15) is 26.7 Å². The number of benzene rings is 1. The lowest BCUT2D eigenvalue weighted by Gasteiger charge is -2.17. The standard InChI is InChI=1S/C15H15BrCl3N3/c1-3-9(4-2)20-15-13(16)21-12(14(19)22-15)10-6-5-8(17)7-11(10)18/h5-7,9H,3-4H2,1-2H3,(H,20,22). The molecule has 0 aliphatic carbocycles. The Morgan fingerprint density at radius 1 is 1.14 bits per heavy atom. The number of rotatable bonds is 5. The molecule has 1 aromatic carbocycles. The Labute approximate surface area is 153 Å². The summed E-state index contributed by atoms with van der Waals surface area (Å²) in [5.74, 6) is 0.632. The lowest BCUT2D eigenvalue weighted by molar-refractivity contribution is 0.667. The van der Waals surface area contributed by atoms with Crippen molar-refractivity contribution < 1.29 is 0 Å². The van der Waals surface area contributed by atoms with Gasteiger partial charge in [0.1, 0.15) is 10.3 Å². The van der Waals surface area contributed by atoms with Gasteiger partial charge in [0.25, 0.3) is 0 Å². The Morgan fingerprint density at radius 2 is 1.82 bits per heavy atom. The molecule has 0 fully saturated rings. The van der Waals surface area contributed by atoms with Gasteiger partial charge in [-0.3, -0.25) is 0 Å². The monoisotopic (exact) mass is 421 g/mol. The Morgan fingerprint density at radius 3 is 2.41 bits per heavy atom. The number of nitrogens with one attached hydrogen (secondary N) is 1. The zero-order chi connectivity index (χ0) is 16.3. The summed E-state index contributed by atoms with van der Waals surface area (Å²) in [5, 5.41) is 4.67. The van der Waals surface area contributed by atoms with Gasteiger partial charge in [-0.05, 0) is 47.0 Å². The average Bonchev–Trinajstić information content (AvgIpc) is 2.48. The second-order valence-corrected chi connectivity index (χ2v) is 6.74. The molecule has 0 aliphatic heterocycles. The number of aromatic nitrogens is 2. The van der Waals surface area contributed by atoms with Crippen LogP contribution in [0.5, 0.6) is 0 Å². The molecule has 1 heterocycles. The summed E-state index contributed by atoms with van der Waals surface area (Å²) < 4.78 is 0.602. The molecule has 1 N–H and O–H groups in total. The van der Waals surface area contributed by atoms with Gasteiger partial charge in [0.05, 0.1) is 5.02 Å². The second kappa shape index (κ2) is 7.82. The van der Waals surface area contributed by atoms with Crippen LogP contribution >= 0.6 is 50.7 Å². The lowest BCUT2D eigenvalue weighted by atomic mass is 10.1. The smallest absolute Gasteiger partial charge is 0.161 e. The van der Waals surface area contributed by atoms with Crippen LogP contribution in [0.15, 0.2) is 22.8 Å². The van der Waals surface area contributed by atoms with Gasteiger partial charge in [0.2, 0.25) is 0 Å². The van der Waals surface area contributed by atoms with E-state index >= 15 is 0 Å². The van der Waals surface area contributed by atoms with Gasteiger partial charge in [0, 0.05) is 16.6 Å². The Kier molecular flexibility index (Phi) is 6.33. The Hall–Kier alpha value is -0.550. The molecular weight excluding hydrogens is 408 g/mol. The molecule has 0 amide bonds. The molecular formula is C15H15BrCl3N3. The second-order valence-electron chi connectivity index (χ2n) is 4.78. The minimum Gasteiger partial charge on any atom is -0.365 e. The third-order valence-corrected chi connectivity index (χ3v) is 4.69. The summed E-state index contributed by atoms with van der Waals surface area (Å²) in [5.41, 5.74) is 1.21. The molecule has 118 valence electrons. The van der Waals surface area contributed by atoms with Crippen LogP contribution in [0.3, 0.4) is 0 Å². The molecule has 0 spiro atoms. The fourth-order valence-electron chi connectivity index (χ4n) is 2.03. The third kappa shape index (κ3) is 4.05. The van der Waals surface area contributed by atoms with Crippen LogP contribution in [-0.4, -0.2) is 16.0 Å². The summed E-state index contributed by atoms with van der Waals surface area (Å²) in [6.07, 6.45) is 1.99. The van der Waals surface area contributed by atoms with Crippen molar-refractivity contribution in [2.75, 3.05) is 5.32 Å². The summed E-state index contributed by atoms with van der Waals surface area (Å²) in [6.45, 7) is 4.23. The van der Waals surface area contributed by atoms with E-state index in [4.69, 9.17) is 34.8 Å². The van der Waals surface area contributed by atoms with Crippen LogP contribution < -0.4 is 5.32 Å². The Balaban J connectivity index is 2.41. The highest BCUT2D eigenvalue weighted by Gasteiger charge is 2.16. The maximum Gasteiger partial charge on any atom is 0.161 e. The highest BCUT2D eigenvalue weighted by Crippen LogP contribution is 2.35. The number of halogens is 4. The van der Waals surface area contributed by atoms with Crippen LogP contribution in [0, 0.1) is 0 Å². The van der Waals surface area contributed by atoms with Gasteiger partial charge in [0.15, 0.2) is 11.0 Å². The van der Waals surface area contributed by atoms with Gasteiger partial charge < -0.3 is 5.32 Å². The van der Waals surface area contributed by atoms with E-state index in [2.05, 4.69) is 45.1 Å². The van der Waals surface area contributed by atoms with Crippen molar-refractivity contribution in [3.8, 4) is 11.3 Å². The molecule has 3 nitrogen and oxygen atoms in total. The van der Waals surface area contributed by atoms with E-state index in [1.54, 1.807) is 18.2 Å². The highest BCUT2D eigenvalue weighted by atomic mass is 79.9. The molecule has 0 saturated carbocycles. The van der Waals surface area contributed by atoms with Crippen LogP contribution in [0.4, 0.5) is 5.82 Å². The predicted octanol–water partition coefficient (Wildman–Crippen LogP) is 6.47. The quantitative estimate of drug-likeness (QED) is 0.599. The zero-order valence-electron chi connectivity index (χ0n) is 12.1. The van der Waals surface area contributed by atoms with Crippen molar-refractivity contribution in [2.45, 2.75) is 32.7 Å². The van der Waals surface area contributed by atoms with Gasteiger partial charge in [-0.25, -0.2) is 9.97 Å². The SMILES string of the molecule is CCC(CC)Nc1nc(Cl)c(-c2ccc(Cl)cc2Cl)nc1Br. The third-order valence-electron chi connectivity index (χ3n) is 3.32. The van der Waals surface area contributed by atoms with E-state index in [0.717, 1.165) is 12.8 Å². The van der Waals surface area contributed by atoms with Crippen molar-refractivity contribution in [3.63, 3.8) is 0 Å². The van der Waals surface area contributed by atoms with Crippen LogP contribution in [-0.2, 0) is 0 Å². The minimum absolute atomic E-state index is 0.292. The first kappa shape index (κ1) is 17.8. The minimum atomic E-state index is 0.292. The zero-order valence-corrected chi connectivity index (χ0v) is 16.0. The van der Waals surface area contributed by atoms with Gasteiger partial charge >= 0.3 is 0 Å². The number of nitrogens with zero attached hydrogens (tertiary/aromatic N) is 2. The Bertz CT molecular complexity index is 675.